The molecular formula is C22H20FN3O4S. The van der Waals surface area contributed by atoms with Crippen LogP contribution >= 0.6 is 11.3 Å². The summed E-state index contributed by atoms with van der Waals surface area (Å²) in [5.41, 5.74) is 6.81. The number of aromatic carboxylic acids is 1. The molecule has 9 heteroatoms. The number of benzene rings is 1. The molecule has 0 amide bonds. The summed E-state index contributed by atoms with van der Waals surface area (Å²) in [6.45, 7) is 3.57. The van der Waals surface area contributed by atoms with Gasteiger partial charge in [0, 0.05) is 30.4 Å². The lowest BCUT2D eigenvalue weighted by Gasteiger charge is -2.30. The van der Waals surface area contributed by atoms with Gasteiger partial charge >= 0.3 is 5.97 Å². The number of aromatic nitrogens is 1. The van der Waals surface area contributed by atoms with Crippen molar-refractivity contribution in [2.45, 2.75) is 19.6 Å². The van der Waals surface area contributed by atoms with Crippen molar-refractivity contribution >= 4 is 38.7 Å². The predicted molar refractivity (Wildman–Crippen MR) is 116 cm³/mol. The Balaban J connectivity index is 1.61. The molecule has 3 aromatic rings. The van der Waals surface area contributed by atoms with Crippen molar-refractivity contribution < 1.29 is 19.0 Å². The summed E-state index contributed by atoms with van der Waals surface area (Å²) in [5, 5.41) is 11.4. The van der Waals surface area contributed by atoms with E-state index in [0.29, 0.717) is 46.7 Å². The van der Waals surface area contributed by atoms with E-state index in [1.807, 2.05) is 11.0 Å². The van der Waals surface area contributed by atoms with E-state index in [0.717, 1.165) is 11.8 Å². The smallest absolute Gasteiger partial charge is 0.342 e. The number of fused-ring (bicyclic) bond motifs is 1. The fraction of sp³-hybridized carbons (Fsp3) is 0.364. The van der Waals surface area contributed by atoms with Crippen molar-refractivity contribution in [3.63, 3.8) is 0 Å². The standard InChI is InChI=1S/C22H20FN3O4S/c1-9-2-3-15(24)13-6-25(5-12(9)13)18-14(23)4-11-17-20(18)30-7-10-8-31-21(26(10)17)16(19(11)27)22(28)29/h2-4,8-9,12-13,15H,5-7,24H2,1H3,(H,28,29). The summed E-state index contributed by atoms with van der Waals surface area (Å²) in [6, 6.07) is 1.08. The average molecular weight is 441 g/mol. The SMILES string of the molecule is CC1C=CC(N)C2CN(c3c(F)cc4c(=O)c(C(=O)O)c5scc6n5c4c3OC6)CC12. The lowest BCUT2D eigenvalue weighted by Crippen LogP contribution is -2.38. The van der Waals surface area contributed by atoms with Gasteiger partial charge in [0.15, 0.2) is 11.6 Å². The molecule has 1 aromatic carbocycles. The van der Waals surface area contributed by atoms with Crippen LogP contribution in [0, 0.1) is 23.6 Å². The van der Waals surface area contributed by atoms with Gasteiger partial charge in [0.05, 0.1) is 11.1 Å². The second-order valence-electron chi connectivity index (χ2n) is 8.65. The van der Waals surface area contributed by atoms with Crippen molar-refractivity contribution in [3.8, 4) is 5.75 Å². The number of ether oxygens (including phenoxy) is 1. The molecule has 0 radical (unpaired) electrons. The third-order valence-electron chi connectivity index (χ3n) is 7.00. The fourth-order valence-electron chi connectivity index (χ4n) is 5.46. The molecule has 4 heterocycles. The molecule has 0 bridgehead atoms. The molecule has 0 saturated carbocycles. The molecule has 2 aliphatic heterocycles. The zero-order valence-corrected chi connectivity index (χ0v) is 17.5. The van der Waals surface area contributed by atoms with Crippen molar-refractivity contribution in [2.24, 2.45) is 23.5 Å². The number of hydrogen-bond acceptors (Lipinski definition) is 6. The van der Waals surface area contributed by atoms with Crippen LogP contribution in [-0.2, 0) is 6.61 Å². The maximum absolute atomic E-state index is 15.5. The van der Waals surface area contributed by atoms with Crippen LogP contribution in [0.2, 0.25) is 0 Å². The van der Waals surface area contributed by atoms with E-state index in [1.165, 1.54) is 11.3 Å². The van der Waals surface area contributed by atoms with Crippen molar-refractivity contribution in [3.05, 3.63) is 50.9 Å². The minimum atomic E-state index is -1.32. The van der Waals surface area contributed by atoms with Crippen molar-refractivity contribution in [2.75, 3.05) is 18.0 Å². The number of carboxylic acid groups (broad SMARTS) is 1. The molecule has 4 atom stereocenters. The summed E-state index contributed by atoms with van der Waals surface area (Å²) in [7, 11) is 0. The molecule has 4 unspecified atom stereocenters. The minimum Gasteiger partial charge on any atom is -0.483 e. The molecular weight excluding hydrogens is 421 g/mol. The van der Waals surface area contributed by atoms with Gasteiger partial charge in [-0.05, 0) is 17.9 Å². The van der Waals surface area contributed by atoms with Crippen molar-refractivity contribution in [1.29, 1.82) is 0 Å². The van der Waals surface area contributed by atoms with Crippen LogP contribution in [0.3, 0.4) is 0 Å². The number of hydrogen-bond donors (Lipinski definition) is 2. The van der Waals surface area contributed by atoms with Crippen LogP contribution in [0.1, 0.15) is 23.0 Å². The number of thiazole rings is 1. The van der Waals surface area contributed by atoms with E-state index in [9.17, 15) is 14.7 Å². The second kappa shape index (κ2) is 6.30. The number of halogens is 1. The normalized spacial score (nSPS) is 26.6. The summed E-state index contributed by atoms with van der Waals surface area (Å²) < 4.78 is 23.2. The summed E-state index contributed by atoms with van der Waals surface area (Å²) in [6.07, 6.45) is 4.15. The first-order valence-corrected chi connectivity index (χ1v) is 11.1. The van der Waals surface area contributed by atoms with Crippen LogP contribution in [0.15, 0.2) is 28.4 Å². The topological polar surface area (TPSA) is 97.3 Å². The van der Waals surface area contributed by atoms with Gasteiger partial charge in [-0.15, -0.1) is 11.3 Å². The van der Waals surface area contributed by atoms with Gasteiger partial charge in [-0.1, -0.05) is 19.1 Å². The Bertz CT molecular complexity index is 1360. The van der Waals surface area contributed by atoms with Gasteiger partial charge < -0.3 is 20.5 Å². The zero-order valence-electron chi connectivity index (χ0n) is 16.7. The first-order chi connectivity index (χ1) is 14.9. The highest BCUT2D eigenvalue weighted by atomic mass is 32.1. The van der Waals surface area contributed by atoms with Gasteiger partial charge in [-0.3, -0.25) is 9.20 Å². The van der Waals surface area contributed by atoms with Crippen LogP contribution < -0.4 is 20.8 Å². The highest BCUT2D eigenvalue weighted by molar-refractivity contribution is 7.16. The number of allylic oxidation sites excluding steroid dienone is 1. The van der Waals surface area contributed by atoms with Gasteiger partial charge in [0.25, 0.3) is 0 Å². The quantitative estimate of drug-likeness (QED) is 0.594. The molecule has 1 aliphatic carbocycles. The Morgan fingerprint density at radius 1 is 1.32 bits per heavy atom. The fourth-order valence-corrected chi connectivity index (χ4v) is 6.50. The number of carboxylic acids is 1. The van der Waals surface area contributed by atoms with E-state index < -0.39 is 17.2 Å². The van der Waals surface area contributed by atoms with Gasteiger partial charge in [0.2, 0.25) is 5.43 Å². The van der Waals surface area contributed by atoms with E-state index in [2.05, 4.69) is 13.0 Å². The van der Waals surface area contributed by atoms with Gasteiger partial charge in [-0.25, -0.2) is 9.18 Å². The third-order valence-corrected chi connectivity index (χ3v) is 8.00. The molecule has 160 valence electrons. The molecule has 7 nitrogen and oxygen atoms in total. The number of rotatable bonds is 2. The third kappa shape index (κ3) is 2.41. The zero-order chi connectivity index (χ0) is 21.6. The molecule has 1 saturated heterocycles. The Morgan fingerprint density at radius 3 is 2.84 bits per heavy atom. The van der Waals surface area contributed by atoms with Crippen LogP contribution in [0.5, 0.6) is 5.75 Å². The van der Waals surface area contributed by atoms with E-state index in [-0.39, 0.29) is 29.5 Å². The highest BCUT2D eigenvalue weighted by Crippen LogP contribution is 2.46. The Kier molecular flexibility index (Phi) is 3.83. The molecule has 6 rings (SSSR count). The lowest BCUT2D eigenvalue weighted by molar-refractivity contribution is 0.0697. The number of pyridine rings is 1. The monoisotopic (exact) mass is 441 g/mol. The van der Waals surface area contributed by atoms with Crippen LogP contribution in [0.25, 0.3) is 15.7 Å². The van der Waals surface area contributed by atoms with Crippen LogP contribution in [-0.4, -0.2) is 34.6 Å². The number of nitrogens with zero attached hydrogens (tertiary/aromatic N) is 2. The van der Waals surface area contributed by atoms with Gasteiger partial charge in [-0.2, -0.15) is 0 Å². The highest BCUT2D eigenvalue weighted by Gasteiger charge is 2.42. The molecule has 0 spiro atoms. The Hall–Kier alpha value is -2.91. The van der Waals surface area contributed by atoms with Crippen LogP contribution in [0.4, 0.5) is 10.1 Å². The lowest BCUT2D eigenvalue weighted by atomic mass is 9.77. The molecule has 3 N–H and O–H groups in total. The number of nitrogens with two attached hydrogens (primary N) is 1. The van der Waals surface area contributed by atoms with Gasteiger partial charge in [0.1, 0.15) is 28.2 Å². The minimum absolute atomic E-state index is 0.0221. The summed E-state index contributed by atoms with van der Waals surface area (Å²) >= 11 is 1.18. The van der Waals surface area contributed by atoms with E-state index in [1.54, 1.807) is 9.78 Å². The number of carbonyl (C=O) groups is 1. The maximum Gasteiger partial charge on any atom is 0.342 e. The number of anilines is 1. The van der Waals surface area contributed by atoms with Crippen molar-refractivity contribution in [1.82, 2.24) is 4.40 Å². The van der Waals surface area contributed by atoms with E-state index in [4.69, 9.17) is 10.5 Å². The first-order valence-electron chi connectivity index (χ1n) is 10.2. The maximum atomic E-state index is 15.5. The summed E-state index contributed by atoms with van der Waals surface area (Å²) in [5.74, 6) is -0.740. The van der Waals surface area contributed by atoms with E-state index >= 15 is 4.39 Å². The second-order valence-corrected chi connectivity index (χ2v) is 9.51. The largest absolute Gasteiger partial charge is 0.483 e. The summed E-state index contributed by atoms with van der Waals surface area (Å²) in [4.78, 5) is 27.1. The first kappa shape index (κ1) is 18.8. The molecule has 31 heavy (non-hydrogen) atoms. The Morgan fingerprint density at radius 2 is 2.10 bits per heavy atom. The molecule has 2 aromatic heterocycles. The molecule has 3 aliphatic rings. The average Bonchev–Trinajstić information content (AvgIpc) is 3.35. The Labute approximate surface area is 180 Å². The molecule has 1 fully saturated rings. The predicted octanol–water partition coefficient (Wildman–Crippen LogP) is 2.83.